The fraction of sp³-hybridized carbons (Fsp3) is 0.312. The summed E-state index contributed by atoms with van der Waals surface area (Å²) in [5.74, 6) is -0.265. The average Bonchev–Trinajstić information content (AvgIpc) is 2.94. The Morgan fingerprint density at radius 1 is 1.35 bits per heavy atom. The molecule has 3 heterocycles. The fourth-order valence-electron chi connectivity index (χ4n) is 3.07. The van der Waals surface area contributed by atoms with Crippen molar-refractivity contribution in [1.82, 2.24) is 18.9 Å². The van der Waals surface area contributed by atoms with Crippen LogP contribution in [0.1, 0.15) is 16.1 Å². The van der Waals surface area contributed by atoms with Crippen LogP contribution in [-0.2, 0) is 7.05 Å². The molecule has 0 atom stereocenters. The monoisotopic (exact) mass is 312 g/mol. The highest BCUT2D eigenvalue weighted by Crippen LogP contribution is 2.20. The Balaban J connectivity index is 1.99. The molecule has 0 aliphatic carbocycles. The lowest BCUT2D eigenvalue weighted by molar-refractivity contribution is 0.00564. The van der Waals surface area contributed by atoms with Crippen molar-refractivity contribution in [2.75, 3.05) is 13.1 Å². The number of aryl methyl sites for hydroxylation is 2. The lowest BCUT2D eigenvalue weighted by atomic mass is 10.1. The first-order valence-corrected chi connectivity index (χ1v) is 7.41. The van der Waals surface area contributed by atoms with E-state index in [1.807, 2.05) is 25.1 Å². The summed E-state index contributed by atoms with van der Waals surface area (Å²) in [7, 11) is 1.64. The lowest BCUT2D eigenvalue weighted by Gasteiger charge is -2.35. The molecular formula is C16H16N4O3. The second kappa shape index (κ2) is 4.66. The van der Waals surface area contributed by atoms with E-state index in [0.717, 1.165) is 11.1 Å². The Bertz CT molecular complexity index is 1010. The van der Waals surface area contributed by atoms with E-state index in [0.29, 0.717) is 24.1 Å². The van der Waals surface area contributed by atoms with Crippen LogP contribution in [-0.4, -0.2) is 49.1 Å². The quantitative estimate of drug-likeness (QED) is 0.701. The first-order chi connectivity index (χ1) is 11.0. The van der Waals surface area contributed by atoms with E-state index in [2.05, 4.69) is 4.98 Å². The molecule has 1 fully saturated rings. The molecule has 7 heteroatoms. The first-order valence-electron chi connectivity index (χ1n) is 7.41. The van der Waals surface area contributed by atoms with E-state index in [1.54, 1.807) is 17.8 Å². The number of nitrogens with zero attached hydrogens (tertiary/aromatic N) is 4. The maximum atomic E-state index is 12.6. The summed E-state index contributed by atoms with van der Waals surface area (Å²) in [4.78, 5) is 30.9. The Morgan fingerprint density at radius 3 is 2.78 bits per heavy atom. The number of carbonyl (C=O) groups excluding carboxylic acids is 1. The number of likely N-dealkylation sites (tertiary alicyclic amines) is 1. The summed E-state index contributed by atoms with van der Waals surface area (Å²) in [6, 6.07) is 5.63. The number of amides is 1. The van der Waals surface area contributed by atoms with Crippen molar-refractivity contribution in [1.29, 1.82) is 0 Å². The average molecular weight is 312 g/mol. The fourth-order valence-corrected chi connectivity index (χ4v) is 3.07. The number of fused-ring (bicyclic) bond motifs is 3. The molecule has 1 aliphatic rings. The van der Waals surface area contributed by atoms with Gasteiger partial charge in [0, 0.05) is 20.1 Å². The number of hydrogen-bond acceptors (Lipinski definition) is 4. The van der Waals surface area contributed by atoms with Gasteiger partial charge in [-0.05, 0) is 19.1 Å². The van der Waals surface area contributed by atoms with Crippen molar-refractivity contribution in [2.24, 2.45) is 7.05 Å². The molecule has 0 unspecified atom stereocenters. The number of aliphatic hydroxyl groups excluding tert-OH is 1. The molecule has 7 nitrogen and oxygen atoms in total. The summed E-state index contributed by atoms with van der Waals surface area (Å²) in [5.41, 5.74) is 2.27. The van der Waals surface area contributed by atoms with Crippen molar-refractivity contribution in [3.63, 3.8) is 0 Å². The normalized spacial score (nSPS) is 15.3. The highest BCUT2D eigenvalue weighted by Gasteiger charge is 2.32. The van der Waals surface area contributed by atoms with Crippen LogP contribution < -0.4 is 5.56 Å². The van der Waals surface area contributed by atoms with Crippen molar-refractivity contribution in [3.05, 3.63) is 46.1 Å². The Hall–Kier alpha value is -2.67. The van der Waals surface area contributed by atoms with Gasteiger partial charge in [-0.3, -0.25) is 18.6 Å². The standard InChI is InChI=1S/C16H16N4O3/c1-9-3-4-12-11(5-9)15(22)18(2)14-13(17-8-20(12)14)16(23)19-6-10(21)7-19/h3-5,8,10,21H,6-7H2,1-2H3. The molecule has 0 radical (unpaired) electrons. The molecule has 0 spiro atoms. The predicted molar refractivity (Wildman–Crippen MR) is 84.6 cm³/mol. The molecule has 1 amide bonds. The molecule has 0 bridgehead atoms. The van der Waals surface area contributed by atoms with Gasteiger partial charge < -0.3 is 10.0 Å². The zero-order chi connectivity index (χ0) is 16.3. The number of rotatable bonds is 1. The van der Waals surface area contributed by atoms with E-state index in [-0.39, 0.29) is 17.2 Å². The van der Waals surface area contributed by atoms with Crippen LogP contribution in [0, 0.1) is 6.92 Å². The smallest absolute Gasteiger partial charge is 0.276 e. The Morgan fingerprint density at radius 2 is 2.09 bits per heavy atom. The summed E-state index contributed by atoms with van der Waals surface area (Å²) in [6.07, 6.45) is 1.09. The molecule has 3 aromatic rings. The van der Waals surface area contributed by atoms with E-state index in [4.69, 9.17) is 0 Å². The Labute approximate surface area is 131 Å². The maximum Gasteiger partial charge on any atom is 0.276 e. The predicted octanol–water partition coefficient (Wildman–Crippen LogP) is 0.311. The molecular weight excluding hydrogens is 296 g/mol. The van der Waals surface area contributed by atoms with Gasteiger partial charge in [-0.25, -0.2) is 4.98 Å². The molecule has 4 rings (SSSR count). The van der Waals surface area contributed by atoms with Gasteiger partial charge in [-0.2, -0.15) is 0 Å². The van der Waals surface area contributed by atoms with Crippen LogP contribution in [0.5, 0.6) is 0 Å². The minimum Gasteiger partial charge on any atom is -0.389 e. The molecule has 1 saturated heterocycles. The van der Waals surface area contributed by atoms with Gasteiger partial charge in [-0.15, -0.1) is 0 Å². The van der Waals surface area contributed by atoms with Gasteiger partial charge in [0.1, 0.15) is 6.33 Å². The number of carbonyl (C=O) groups is 1. The topological polar surface area (TPSA) is 79.8 Å². The van der Waals surface area contributed by atoms with Gasteiger partial charge in [0.25, 0.3) is 11.5 Å². The number of β-amino-alcohol motifs (C(OH)–C–C–N with tert-alkyl or cyclic N) is 1. The van der Waals surface area contributed by atoms with E-state index in [1.165, 1.54) is 9.47 Å². The van der Waals surface area contributed by atoms with Gasteiger partial charge >= 0.3 is 0 Å². The van der Waals surface area contributed by atoms with Gasteiger partial charge in [0.2, 0.25) is 0 Å². The second-order valence-electron chi connectivity index (χ2n) is 6.04. The SMILES string of the molecule is Cc1ccc2c(c1)c(=O)n(C)c1c(C(=O)N3CC(O)C3)ncn21. The van der Waals surface area contributed by atoms with Gasteiger partial charge in [0.15, 0.2) is 11.3 Å². The molecule has 2 aromatic heterocycles. The van der Waals surface area contributed by atoms with E-state index >= 15 is 0 Å². The van der Waals surface area contributed by atoms with Gasteiger partial charge in [-0.1, -0.05) is 11.6 Å². The molecule has 1 aromatic carbocycles. The van der Waals surface area contributed by atoms with Crippen molar-refractivity contribution in [3.8, 4) is 0 Å². The number of hydrogen-bond donors (Lipinski definition) is 1. The van der Waals surface area contributed by atoms with E-state index < -0.39 is 6.10 Å². The highest BCUT2D eigenvalue weighted by atomic mass is 16.3. The lowest BCUT2D eigenvalue weighted by Crippen LogP contribution is -2.53. The molecule has 118 valence electrons. The highest BCUT2D eigenvalue weighted by molar-refractivity contribution is 5.99. The third-order valence-corrected chi connectivity index (χ3v) is 4.36. The van der Waals surface area contributed by atoms with Crippen LogP contribution in [0.3, 0.4) is 0 Å². The maximum absolute atomic E-state index is 12.6. The second-order valence-corrected chi connectivity index (χ2v) is 6.04. The molecule has 1 aliphatic heterocycles. The summed E-state index contributed by atoms with van der Waals surface area (Å²) < 4.78 is 3.22. The first kappa shape index (κ1) is 14.0. The van der Waals surface area contributed by atoms with Gasteiger partial charge in [0.05, 0.1) is 17.0 Å². The zero-order valence-corrected chi connectivity index (χ0v) is 12.9. The van der Waals surface area contributed by atoms with Crippen LogP contribution >= 0.6 is 0 Å². The molecule has 23 heavy (non-hydrogen) atoms. The number of imidazole rings is 1. The third-order valence-electron chi connectivity index (χ3n) is 4.36. The minimum absolute atomic E-state index is 0.158. The summed E-state index contributed by atoms with van der Waals surface area (Å²) >= 11 is 0. The van der Waals surface area contributed by atoms with Crippen LogP contribution in [0.2, 0.25) is 0 Å². The molecule has 1 N–H and O–H groups in total. The van der Waals surface area contributed by atoms with E-state index in [9.17, 15) is 14.7 Å². The van der Waals surface area contributed by atoms with Crippen LogP contribution in [0.15, 0.2) is 29.3 Å². The molecule has 0 saturated carbocycles. The Kier molecular flexibility index (Phi) is 2.83. The van der Waals surface area contributed by atoms with Crippen molar-refractivity contribution in [2.45, 2.75) is 13.0 Å². The van der Waals surface area contributed by atoms with Crippen LogP contribution in [0.25, 0.3) is 16.6 Å². The minimum atomic E-state index is -0.472. The number of aromatic nitrogens is 3. The van der Waals surface area contributed by atoms with Crippen molar-refractivity contribution < 1.29 is 9.90 Å². The zero-order valence-electron chi connectivity index (χ0n) is 12.9. The largest absolute Gasteiger partial charge is 0.389 e. The third kappa shape index (κ3) is 1.90. The van der Waals surface area contributed by atoms with Crippen LogP contribution in [0.4, 0.5) is 0 Å². The summed E-state index contributed by atoms with van der Waals surface area (Å²) in [6.45, 7) is 2.54. The number of aliphatic hydroxyl groups is 1. The number of benzene rings is 1. The summed E-state index contributed by atoms with van der Waals surface area (Å²) in [5, 5.41) is 9.96. The van der Waals surface area contributed by atoms with Crippen molar-refractivity contribution >= 4 is 22.5 Å².